The number of benzene rings is 1. The largest absolute Gasteiger partial charge is 0.444 e. The summed E-state index contributed by atoms with van der Waals surface area (Å²) in [6, 6.07) is 9.45. The molecule has 1 saturated carbocycles. The Morgan fingerprint density at radius 3 is 2.56 bits per heavy atom. The number of oxazole rings is 1. The summed E-state index contributed by atoms with van der Waals surface area (Å²) in [6.45, 7) is 8.87. The molecule has 1 aromatic carbocycles. The molecule has 2 aromatic rings. The van der Waals surface area contributed by atoms with Crippen LogP contribution in [0.1, 0.15) is 60.6 Å². The third kappa shape index (κ3) is 4.21. The van der Waals surface area contributed by atoms with Gasteiger partial charge in [-0.1, -0.05) is 38.1 Å². The minimum atomic E-state index is 0.434. The van der Waals surface area contributed by atoms with Gasteiger partial charge in [0.2, 0.25) is 5.89 Å². The van der Waals surface area contributed by atoms with E-state index in [1.165, 1.54) is 11.1 Å². The van der Waals surface area contributed by atoms with E-state index in [4.69, 9.17) is 4.42 Å². The molecule has 25 heavy (non-hydrogen) atoms. The SMILES string of the molecule is CN=C(NCc1nc(C)c(C)o1)NC1CC1c1ccc(C(C)C)cc1. The van der Waals surface area contributed by atoms with Crippen LogP contribution in [-0.4, -0.2) is 24.0 Å². The van der Waals surface area contributed by atoms with Crippen LogP contribution in [0.15, 0.2) is 33.7 Å². The molecule has 0 radical (unpaired) electrons. The van der Waals surface area contributed by atoms with Crippen LogP contribution < -0.4 is 10.6 Å². The first kappa shape index (κ1) is 17.5. The van der Waals surface area contributed by atoms with Crippen molar-refractivity contribution in [3.05, 3.63) is 52.7 Å². The van der Waals surface area contributed by atoms with Crippen molar-refractivity contribution in [3.63, 3.8) is 0 Å². The maximum absolute atomic E-state index is 5.59. The summed E-state index contributed by atoms with van der Waals surface area (Å²) in [6.07, 6.45) is 1.14. The summed E-state index contributed by atoms with van der Waals surface area (Å²) in [5, 5.41) is 6.76. The van der Waals surface area contributed by atoms with Gasteiger partial charge in [-0.2, -0.15) is 0 Å². The number of rotatable bonds is 5. The van der Waals surface area contributed by atoms with Crippen molar-refractivity contribution in [2.75, 3.05) is 7.05 Å². The van der Waals surface area contributed by atoms with Crippen molar-refractivity contribution in [1.82, 2.24) is 15.6 Å². The zero-order valence-corrected chi connectivity index (χ0v) is 15.8. The third-order valence-electron chi connectivity index (χ3n) is 4.85. The number of nitrogens with zero attached hydrogens (tertiary/aromatic N) is 2. The topological polar surface area (TPSA) is 62.5 Å². The van der Waals surface area contributed by atoms with E-state index < -0.39 is 0 Å². The molecule has 2 unspecified atom stereocenters. The quantitative estimate of drug-likeness (QED) is 0.644. The number of guanidine groups is 1. The van der Waals surface area contributed by atoms with Gasteiger partial charge >= 0.3 is 0 Å². The number of aromatic nitrogens is 1. The molecule has 5 heteroatoms. The third-order valence-corrected chi connectivity index (χ3v) is 4.85. The van der Waals surface area contributed by atoms with Crippen LogP contribution in [-0.2, 0) is 6.54 Å². The van der Waals surface area contributed by atoms with Crippen molar-refractivity contribution in [3.8, 4) is 0 Å². The van der Waals surface area contributed by atoms with Gasteiger partial charge in [0.15, 0.2) is 5.96 Å². The van der Waals surface area contributed by atoms with E-state index in [0.29, 0.717) is 30.3 Å². The zero-order valence-electron chi connectivity index (χ0n) is 15.8. The van der Waals surface area contributed by atoms with Gasteiger partial charge in [-0.05, 0) is 37.3 Å². The van der Waals surface area contributed by atoms with E-state index >= 15 is 0 Å². The van der Waals surface area contributed by atoms with Gasteiger partial charge in [-0.15, -0.1) is 0 Å². The monoisotopic (exact) mass is 340 g/mol. The Morgan fingerprint density at radius 2 is 2.00 bits per heavy atom. The summed E-state index contributed by atoms with van der Waals surface area (Å²) in [7, 11) is 1.79. The summed E-state index contributed by atoms with van der Waals surface area (Å²) in [5.74, 6) is 3.49. The lowest BCUT2D eigenvalue weighted by Gasteiger charge is -2.11. The molecule has 0 saturated heterocycles. The minimum Gasteiger partial charge on any atom is -0.444 e. The molecule has 1 aliphatic carbocycles. The van der Waals surface area contributed by atoms with Gasteiger partial charge in [0, 0.05) is 19.0 Å². The molecule has 0 spiro atoms. The highest BCUT2D eigenvalue weighted by Gasteiger charge is 2.39. The van der Waals surface area contributed by atoms with E-state index in [0.717, 1.165) is 23.8 Å². The van der Waals surface area contributed by atoms with E-state index in [1.807, 2.05) is 13.8 Å². The fourth-order valence-corrected chi connectivity index (χ4v) is 3.00. The average molecular weight is 340 g/mol. The van der Waals surface area contributed by atoms with Crippen LogP contribution >= 0.6 is 0 Å². The maximum atomic E-state index is 5.59. The molecule has 3 rings (SSSR count). The Balaban J connectivity index is 1.51. The molecule has 1 fully saturated rings. The highest BCUT2D eigenvalue weighted by molar-refractivity contribution is 5.80. The smallest absolute Gasteiger partial charge is 0.214 e. The Labute approximate surface area is 150 Å². The number of hydrogen-bond acceptors (Lipinski definition) is 3. The molecule has 0 amide bonds. The molecule has 2 N–H and O–H groups in total. The lowest BCUT2D eigenvalue weighted by Crippen LogP contribution is -2.38. The first-order valence-electron chi connectivity index (χ1n) is 8.98. The summed E-state index contributed by atoms with van der Waals surface area (Å²) >= 11 is 0. The summed E-state index contributed by atoms with van der Waals surface area (Å²) in [4.78, 5) is 8.69. The molecule has 134 valence electrons. The minimum absolute atomic E-state index is 0.434. The van der Waals surface area contributed by atoms with Crippen LogP contribution in [0.25, 0.3) is 0 Å². The number of aryl methyl sites for hydroxylation is 2. The van der Waals surface area contributed by atoms with Crippen LogP contribution in [0.4, 0.5) is 0 Å². The summed E-state index contributed by atoms with van der Waals surface area (Å²) in [5.41, 5.74) is 3.73. The number of aliphatic imine (C=N–C) groups is 1. The lowest BCUT2D eigenvalue weighted by molar-refractivity contribution is 0.463. The van der Waals surface area contributed by atoms with E-state index in [9.17, 15) is 0 Å². The lowest BCUT2D eigenvalue weighted by atomic mass is 10.0. The van der Waals surface area contributed by atoms with Gasteiger partial charge in [0.25, 0.3) is 0 Å². The van der Waals surface area contributed by atoms with Crippen LogP contribution in [0.3, 0.4) is 0 Å². The van der Waals surface area contributed by atoms with Crippen molar-refractivity contribution in [2.45, 2.75) is 58.5 Å². The van der Waals surface area contributed by atoms with Gasteiger partial charge in [0.1, 0.15) is 5.76 Å². The highest BCUT2D eigenvalue weighted by Crippen LogP contribution is 2.41. The average Bonchev–Trinajstić information content (AvgIpc) is 3.29. The molecule has 2 atom stereocenters. The van der Waals surface area contributed by atoms with Crippen LogP contribution in [0.5, 0.6) is 0 Å². The standard InChI is InChI=1S/C20H28N4O/c1-12(2)15-6-8-16(9-7-15)17-10-18(17)24-20(21-5)22-11-19-23-13(3)14(4)25-19/h6-9,12,17-18H,10-11H2,1-5H3,(H2,21,22,24). The summed E-state index contributed by atoms with van der Waals surface area (Å²) < 4.78 is 5.59. The second-order valence-corrected chi connectivity index (χ2v) is 7.09. The van der Waals surface area contributed by atoms with Crippen molar-refractivity contribution < 1.29 is 4.42 Å². The number of hydrogen-bond donors (Lipinski definition) is 2. The normalized spacial score (nSPS) is 20.0. The number of nitrogens with one attached hydrogen (secondary N) is 2. The Kier molecular flexibility index (Phi) is 5.11. The molecule has 0 bridgehead atoms. The first-order chi connectivity index (χ1) is 12.0. The maximum Gasteiger partial charge on any atom is 0.214 e. The molecule has 1 heterocycles. The van der Waals surface area contributed by atoms with Gasteiger partial charge in [0.05, 0.1) is 12.2 Å². The fraction of sp³-hybridized carbons (Fsp3) is 0.500. The molecular formula is C20H28N4O. The van der Waals surface area contributed by atoms with E-state index in [2.05, 4.69) is 58.7 Å². The van der Waals surface area contributed by atoms with Crippen molar-refractivity contribution in [1.29, 1.82) is 0 Å². The molecule has 5 nitrogen and oxygen atoms in total. The first-order valence-corrected chi connectivity index (χ1v) is 8.98. The molecular weight excluding hydrogens is 312 g/mol. The fourth-order valence-electron chi connectivity index (χ4n) is 3.00. The van der Waals surface area contributed by atoms with Crippen molar-refractivity contribution in [2.24, 2.45) is 4.99 Å². The predicted octanol–water partition coefficient (Wildman–Crippen LogP) is 3.64. The highest BCUT2D eigenvalue weighted by atomic mass is 16.4. The Morgan fingerprint density at radius 1 is 1.28 bits per heavy atom. The van der Waals surface area contributed by atoms with E-state index in [1.54, 1.807) is 7.05 Å². The van der Waals surface area contributed by atoms with Crippen LogP contribution in [0.2, 0.25) is 0 Å². The Bertz CT molecular complexity index is 726. The molecule has 1 aromatic heterocycles. The van der Waals surface area contributed by atoms with Gasteiger partial charge in [-0.25, -0.2) is 4.98 Å². The predicted molar refractivity (Wildman–Crippen MR) is 101 cm³/mol. The van der Waals surface area contributed by atoms with Crippen molar-refractivity contribution >= 4 is 5.96 Å². The van der Waals surface area contributed by atoms with Gasteiger partial charge < -0.3 is 15.1 Å². The van der Waals surface area contributed by atoms with E-state index in [-0.39, 0.29) is 0 Å². The van der Waals surface area contributed by atoms with Crippen LogP contribution in [0, 0.1) is 13.8 Å². The zero-order chi connectivity index (χ0) is 18.0. The van der Waals surface area contributed by atoms with Gasteiger partial charge in [-0.3, -0.25) is 4.99 Å². The molecule has 1 aliphatic rings. The Hall–Kier alpha value is -2.30. The molecule has 0 aliphatic heterocycles. The second-order valence-electron chi connectivity index (χ2n) is 7.09. The second kappa shape index (κ2) is 7.30.